The molecule has 3 aliphatic carbocycles. The lowest BCUT2D eigenvalue weighted by Crippen LogP contribution is -2.41. The second-order valence-electron chi connectivity index (χ2n) is 9.20. The van der Waals surface area contributed by atoms with Crippen LogP contribution < -0.4 is 0 Å². The van der Waals surface area contributed by atoms with Gasteiger partial charge in [0.05, 0.1) is 0 Å². The van der Waals surface area contributed by atoms with Crippen LogP contribution in [0, 0.1) is 41.2 Å². The van der Waals surface area contributed by atoms with Gasteiger partial charge in [-0.3, -0.25) is 0 Å². The Morgan fingerprint density at radius 2 is 1.50 bits per heavy atom. The topological polar surface area (TPSA) is 0 Å². The van der Waals surface area contributed by atoms with Gasteiger partial charge < -0.3 is 0 Å². The summed E-state index contributed by atoms with van der Waals surface area (Å²) in [6.45, 7) is 2.31. The van der Waals surface area contributed by atoms with Gasteiger partial charge in [0.15, 0.2) is 0 Å². The van der Waals surface area contributed by atoms with Gasteiger partial charge in [0.2, 0.25) is 0 Å². The average molecular weight is 381 g/mol. The van der Waals surface area contributed by atoms with Gasteiger partial charge in [0.1, 0.15) is 16.7 Å². The third kappa shape index (κ3) is 3.55. The first-order valence-corrected chi connectivity index (χ1v) is 11.1. The molecule has 0 amide bonds. The predicted octanol–water partition coefficient (Wildman–Crippen LogP) is 7.74. The van der Waals surface area contributed by atoms with Crippen molar-refractivity contribution in [2.75, 3.05) is 0 Å². The average Bonchev–Trinajstić information content (AvgIpc) is 2.65. The molecule has 144 valence electrons. The molecule has 6 atom stereocenters. The fourth-order valence-electron chi connectivity index (χ4n) is 6.68. The van der Waals surface area contributed by atoms with Crippen LogP contribution in [0.4, 0.5) is 8.78 Å². The highest BCUT2D eigenvalue weighted by Gasteiger charge is 2.44. The van der Waals surface area contributed by atoms with E-state index < -0.39 is 11.6 Å². The summed E-state index contributed by atoms with van der Waals surface area (Å²) in [6, 6.07) is 2.94. The Morgan fingerprint density at radius 1 is 0.885 bits per heavy atom. The zero-order valence-corrected chi connectivity index (χ0v) is 16.6. The highest BCUT2D eigenvalue weighted by Crippen LogP contribution is 2.55. The summed E-state index contributed by atoms with van der Waals surface area (Å²) in [5, 5.41) is -0.369. The Hall–Kier alpha value is -0.630. The van der Waals surface area contributed by atoms with Crippen LogP contribution in [0.1, 0.15) is 82.6 Å². The van der Waals surface area contributed by atoms with Crippen molar-refractivity contribution in [3.63, 3.8) is 0 Å². The molecule has 1 aromatic rings. The monoisotopic (exact) mass is 380 g/mol. The van der Waals surface area contributed by atoms with Crippen molar-refractivity contribution in [1.29, 1.82) is 0 Å². The van der Waals surface area contributed by atoms with E-state index in [0.717, 1.165) is 48.0 Å². The summed E-state index contributed by atoms with van der Waals surface area (Å²) >= 11 is 5.66. The van der Waals surface area contributed by atoms with Gasteiger partial charge in [-0.05, 0) is 98.1 Å². The minimum absolute atomic E-state index is 0.297. The zero-order valence-electron chi connectivity index (χ0n) is 15.8. The van der Waals surface area contributed by atoms with Crippen LogP contribution in [0.3, 0.4) is 0 Å². The Bertz CT molecular complexity index is 620. The first-order chi connectivity index (χ1) is 12.6. The largest absolute Gasteiger partial charge is 0.205 e. The lowest BCUT2D eigenvalue weighted by atomic mass is 9.55. The first kappa shape index (κ1) is 18.7. The van der Waals surface area contributed by atoms with E-state index in [1.54, 1.807) is 0 Å². The molecule has 6 unspecified atom stereocenters. The van der Waals surface area contributed by atoms with Gasteiger partial charge >= 0.3 is 0 Å². The highest BCUT2D eigenvalue weighted by molar-refractivity contribution is 6.30. The molecule has 0 aliphatic heterocycles. The summed E-state index contributed by atoms with van der Waals surface area (Å²) < 4.78 is 27.8. The zero-order chi connectivity index (χ0) is 18.3. The molecule has 0 bridgehead atoms. The highest BCUT2D eigenvalue weighted by atomic mass is 35.5. The van der Waals surface area contributed by atoms with Gasteiger partial charge in [0.25, 0.3) is 0 Å². The number of rotatable bonds is 3. The lowest BCUT2D eigenvalue weighted by molar-refractivity contribution is 0.00539. The van der Waals surface area contributed by atoms with Crippen molar-refractivity contribution < 1.29 is 8.78 Å². The van der Waals surface area contributed by atoms with E-state index in [1.165, 1.54) is 63.5 Å². The number of fused-ring (bicyclic) bond motifs is 3. The van der Waals surface area contributed by atoms with Crippen LogP contribution in [0.15, 0.2) is 12.1 Å². The molecule has 0 spiro atoms. The van der Waals surface area contributed by atoms with Crippen LogP contribution in [0.5, 0.6) is 0 Å². The number of hydrogen-bond donors (Lipinski definition) is 0. The normalized spacial score (nSPS) is 37.1. The van der Waals surface area contributed by atoms with Crippen LogP contribution in [0.25, 0.3) is 0 Å². The second kappa shape index (κ2) is 7.78. The van der Waals surface area contributed by atoms with Crippen molar-refractivity contribution in [3.8, 4) is 0 Å². The lowest BCUT2D eigenvalue weighted by Gasteiger charge is -2.51. The molecular weight excluding hydrogens is 350 g/mol. The van der Waals surface area contributed by atoms with E-state index in [2.05, 4.69) is 6.92 Å². The fourth-order valence-corrected chi connectivity index (χ4v) is 6.78. The summed E-state index contributed by atoms with van der Waals surface area (Å²) in [7, 11) is 0. The second-order valence-corrected chi connectivity index (χ2v) is 9.58. The maximum atomic E-state index is 13.9. The minimum atomic E-state index is -0.609. The van der Waals surface area contributed by atoms with E-state index in [0.29, 0.717) is 5.92 Å². The van der Waals surface area contributed by atoms with Gasteiger partial charge in [-0.2, -0.15) is 0 Å². The van der Waals surface area contributed by atoms with Gasteiger partial charge in [0, 0.05) is 0 Å². The number of hydrogen-bond acceptors (Lipinski definition) is 0. The first-order valence-electron chi connectivity index (χ1n) is 10.7. The van der Waals surface area contributed by atoms with E-state index in [9.17, 15) is 8.78 Å². The van der Waals surface area contributed by atoms with Crippen molar-refractivity contribution in [3.05, 3.63) is 34.4 Å². The molecular formula is C23H31ClF2. The molecule has 0 saturated heterocycles. The molecule has 3 aliphatic rings. The van der Waals surface area contributed by atoms with Crippen LogP contribution in [-0.2, 0) is 0 Å². The van der Waals surface area contributed by atoms with Gasteiger partial charge in [-0.25, -0.2) is 8.78 Å². The molecule has 0 N–H and O–H groups in total. The third-order valence-electron chi connectivity index (χ3n) is 7.82. The molecule has 0 nitrogen and oxygen atoms in total. The van der Waals surface area contributed by atoms with Crippen molar-refractivity contribution in [2.45, 2.75) is 77.0 Å². The van der Waals surface area contributed by atoms with Crippen LogP contribution >= 0.6 is 11.6 Å². The molecule has 26 heavy (non-hydrogen) atoms. The van der Waals surface area contributed by atoms with Crippen molar-refractivity contribution >= 4 is 11.6 Å². The van der Waals surface area contributed by atoms with E-state index in [4.69, 9.17) is 11.6 Å². The Labute approximate surface area is 161 Å². The van der Waals surface area contributed by atoms with Crippen molar-refractivity contribution in [2.24, 2.45) is 29.6 Å². The Morgan fingerprint density at radius 3 is 2.15 bits per heavy atom. The maximum Gasteiger partial charge on any atom is 0.145 e. The molecule has 3 heteroatoms. The van der Waals surface area contributed by atoms with E-state index in [1.807, 2.05) is 0 Å². The molecule has 4 rings (SSSR count). The van der Waals surface area contributed by atoms with Crippen LogP contribution in [0.2, 0.25) is 5.02 Å². The standard InChI is InChI=1S/C23H31ClF2/c1-2-3-14-4-8-19-16(10-14)5-6-17-11-15(7-9-20(17)19)18-12-21(25)23(24)22(26)13-18/h12-17,19-20H,2-11H2,1H3. The molecule has 0 aromatic heterocycles. The Balaban J connectivity index is 1.44. The molecule has 1 aromatic carbocycles. The number of halogens is 3. The van der Waals surface area contributed by atoms with Gasteiger partial charge in [-0.1, -0.05) is 37.8 Å². The predicted molar refractivity (Wildman–Crippen MR) is 103 cm³/mol. The van der Waals surface area contributed by atoms with Crippen LogP contribution in [-0.4, -0.2) is 0 Å². The minimum Gasteiger partial charge on any atom is -0.205 e. The Kier molecular flexibility index (Phi) is 5.60. The molecule has 0 heterocycles. The third-order valence-corrected chi connectivity index (χ3v) is 8.18. The quantitative estimate of drug-likeness (QED) is 0.470. The van der Waals surface area contributed by atoms with Crippen molar-refractivity contribution in [1.82, 2.24) is 0 Å². The van der Waals surface area contributed by atoms with Gasteiger partial charge in [-0.15, -0.1) is 0 Å². The summed E-state index contributed by atoms with van der Waals surface area (Å²) in [4.78, 5) is 0. The fraction of sp³-hybridized carbons (Fsp3) is 0.739. The van der Waals surface area contributed by atoms with E-state index in [-0.39, 0.29) is 5.02 Å². The summed E-state index contributed by atoms with van der Waals surface area (Å²) in [5.74, 6) is 3.52. The summed E-state index contributed by atoms with van der Waals surface area (Å²) in [6.07, 6.45) is 13.1. The molecule has 0 radical (unpaired) electrons. The molecule has 3 fully saturated rings. The SMILES string of the molecule is CCCC1CCC2C(CCC3CC(c4cc(F)c(Cl)c(F)c4)CCC32)C1. The summed E-state index contributed by atoms with van der Waals surface area (Å²) in [5.41, 5.74) is 0.816. The smallest absolute Gasteiger partial charge is 0.145 e. The molecule has 3 saturated carbocycles. The van der Waals surface area contributed by atoms with E-state index >= 15 is 0 Å². The number of benzene rings is 1. The maximum absolute atomic E-state index is 13.9.